The third-order valence-electron chi connectivity index (χ3n) is 4.50. The van der Waals surface area contributed by atoms with Gasteiger partial charge in [-0.05, 0) is 18.9 Å². The van der Waals surface area contributed by atoms with Crippen molar-refractivity contribution in [2.45, 2.75) is 47.0 Å². The van der Waals surface area contributed by atoms with Crippen LogP contribution in [0.5, 0.6) is 0 Å². The number of hydrogen-bond donors (Lipinski definition) is 0. The van der Waals surface area contributed by atoms with E-state index in [2.05, 4.69) is 64.1 Å². The Balaban J connectivity index is 0.000000473. The zero-order chi connectivity index (χ0) is 18.9. The molecule has 0 N–H and O–H groups in total. The van der Waals surface area contributed by atoms with Crippen molar-refractivity contribution in [2.24, 2.45) is 0 Å². The summed E-state index contributed by atoms with van der Waals surface area (Å²) in [5.74, 6) is 0. The van der Waals surface area contributed by atoms with Crippen molar-refractivity contribution < 1.29 is 49.0 Å². The van der Waals surface area contributed by atoms with Gasteiger partial charge in [-0.1, -0.05) is 36.2 Å². The zero-order valence-corrected chi connectivity index (χ0v) is 21.1. The molecular formula is C25H28Cl2Zr-2. The van der Waals surface area contributed by atoms with E-state index in [9.17, 15) is 0 Å². The molecule has 3 aromatic rings. The van der Waals surface area contributed by atoms with Gasteiger partial charge in [0.1, 0.15) is 0 Å². The van der Waals surface area contributed by atoms with Crippen molar-refractivity contribution in [3.05, 3.63) is 89.0 Å². The summed E-state index contributed by atoms with van der Waals surface area (Å²) < 4.78 is 1.68. The van der Waals surface area contributed by atoms with Gasteiger partial charge in [-0.3, -0.25) is 0 Å². The fourth-order valence-electron chi connectivity index (χ4n) is 2.94. The molecule has 3 heteroatoms. The molecule has 1 aliphatic rings. The van der Waals surface area contributed by atoms with Crippen LogP contribution in [-0.2, 0) is 30.7 Å². The molecule has 0 bridgehead atoms. The van der Waals surface area contributed by atoms with Gasteiger partial charge in [0, 0.05) is 0 Å². The zero-order valence-electron chi connectivity index (χ0n) is 17.2. The number of fused-ring (bicyclic) bond motifs is 3. The van der Waals surface area contributed by atoms with Gasteiger partial charge in [0.2, 0.25) is 0 Å². The minimum Gasteiger partial charge on any atom is -1.00 e. The number of hydrogen-bond acceptors (Lipinski definition) is 0. The summed E-state index contributed by atoms with van der Waals surface area (Å²) in [6.07, 6.45) is 3.62. The number of rotatable bonds is 2. The Bertz CT molecular complexity index is 763. The molecule has 0 fully saturated rings. The number of aryl methyl sites for hydroxylation is 2. The van der Waals surface area contributed by atoms with Gasteiger partial charge in [-0.2, -0.15) is 42.0 Å². The van der Waals surface area contributed by atoms with Crippen LogP contribution in [0.3, 0.4) is 0 Å². The third kappa shape index (κ3) is 8.24. The van der Waals surface area contributed by atoms with Crippen LogP contribution >= 0.6 is 0 Å². The van der Waals surface area contributed by atoms with E-state index in [1.807, 2.05) is 30.3 Å². The quantitative estimate of drug-likeness (QED) is 0.362. The molecule has 3 aromatic carbocycles. The molecule has 4 rings (SSSR count). The second kappa shape index (κ2) is 14.2. The minimum atomic E-state index is 0. The van der Waals surface area contributed by atoms with Crippen molar-refractivity contribution in [3.8, 4) is 11.1 Å². The van der Waals surface area contributed by atoms with Gasteiger partial charge in [0.05, 0.1) is 0 Å². The Morgan fingerprint density at radius 1 is 0.964 bits per heavy atom. The predicted octanol–water partition coefficient (Wildman–Crippen LogP) is 0.614. The van der Waals surface area contributed by atoms with Crippen molar-refractivity contribution in [2.75, 3.05) is 0 Å². The average Bonchev–Trinajstić information content (AvgIpc) is 3.31. The van der Waals surface area contributed by atoms with Gasteiger partial charge >= 0.3 is 54.1 Å². The van der Waals surface area contributed by atoms with E-state index >= 15 is 0 Å². The molecule has 0 aromatic heterocycles. The summed E-state index contributed by atoms with van der Waals surface area (Å²) in [5.41, 5.74) is 8.15. The fourth-order valence-corrected chi connectivity index (χ4v) is 2.94. The molecule has 0 radical (unpaired) electrons. The first-order valence-electron chi connectivity index (χ1n) is 9.39. The first kappa shape index (κ1) is 27.1. The summed E-state index contributed by atoms with van der Waals surface area (Å²) >= 11 is 1.62. The summed E-state index contributed by atoms with van der Waals surface area (Å²) in [4.78, 5) is 0. The maximum absolute atomic E-state index is 3.45. The van der Waals surface area contributed by atoms with Crippen molar-refractivity contribution >= 4 is 3.21 Å². The molecule has 0 saturated heterocycles. The molecule has 0 amide bonds. The van der Waals surface area contributed by atoms with Gasteiger partial charge in [0.15, 0.2) is 0 Å². The van der Waals surface area contributed by atoms with Gasteiger partial charge < -0.3 is 24.8 Å². The smallest absolute Gasteiger partial charge is 0.0253 e. The summed E-state index contributed by atoms with van der Waals surface area (Å²) in [5, 5.41) is 0. The molecule has 0 nitrogen and oxygen atoms in total. The summed E-state index contributed by atoms with van der Waals surface area (Å²) in [7, 11) is 0. The fraction of sp³-hybridized carbons (Fsp3) is 0.280. The predicted molar refractivity (Wildman–Crippen MR) is 111 cm³/mol. The SMILES string of the molecule is CC[C](=[Zr+2])CC.Cc1[c-]c2c(cc1)-c1ccc(C)cc1C2.[Cl-].[Cl-].c1cc[cH-]c1. The second-order valence-corrected chi connectivity index (χ2v) is 8.38. The normalized spacial score (nSPS) is 9.93. The summed E-state index contributed by atoms with van der Waals surface area (Å²) in [6, 6.07) is 24.5. The molecule has 0 heterocycles. The van der Waals surface area contributed by atoms with Crippen molar-refractivity contribution in [1.29, 1.82) is 0 Å². The van der Waals surface area contributed by atoms with Crippen LogP contribution in [0.2, 0.25) is 0 Å². The molecule has 28 heavy (non-hydrogen) atoms. The largest absolute Gasteiger partial charge is 1.00 e. The van der Waals surface area contributed by atoms with Gasteiger partial charge in [-0.25, -0.2) is 12.1 Å². The average molecular weight is 491 g/mol. The van der Waals surface area contributed by atoms with E-state index in [1.54, 1.807) is 27.4 Å². The first-order valence-corrected chi connectivity index (χ1v) is 10.6. The van der Waals surface area contributed by atoms with E-state index in [-0.39, 0.29) is 24.8 Å². The van der Waals surface area contributed by atoms with Crippen LogP contribution < -0.4 is 24.8 Å². The van der Waals surface area contributed by atoms with Crippen LogP contribution in [0.1, 0.15) is 48.9 Å². The van der Waals surface area contributed by atoms with Crippen LogP contribution in [0.15, 0.2) is 60.7 Å². The Kier molecular flexibility index (Phi) is 13.7. The minimum absolute atomic E-state index is 0. The van der Waals surface area contributed by atoms with Gasteiger partial charge in [0.25, 0.3) is 0 Å². The molecule has 0 spiro atoms. The molecule has 0 unspecified atom stereocenters. The van der Waals surface area contributed by atoms with E-state index in [1.165, 1.54) is 46.2 Å². The Morgan fingerprint density at radius 3 is 2.07 bits per heavy atom. The van der Waals surface area contributed by atoms with Crippen molar-refractivity contribution in [1.82, 2.24) is 0 Å². The molecule has 1 aliphatic carbocycles. The first-order chi connectivity index (χ1) is 12.5. The van der Waals surface area contributed by atoms with Crippen molar-refractivity contribution in [3.63, 3.8) is 0 Å². The molecule has 0 aliphatic heterocycles. The van der Waals surface area contributed by atoms with Crippen LogP contribution in [-0.4, -0.2) is 3.21 Å². The Hall–Kier alpha value is -0.877. The molecular weight excluding hydrogens is 462 g/mol. The van der Waals surface area contributed by atoms with Crippen LogP contribution in [0.4, 0.5) is 0 Å². The van der Waals surface area contributed by atoms with E-state index in [0.29, 0.717) is 0 Å². The summed E-state index contributed by atoms with van der Waals surface area (Å²) in [6.45, 7) is 8.69. The van der Waals surface area contributed by atoms with Gasteiger partial charge in [-0.15, -0.1) is 11.1 Å². The Labute approximate surface area is 198 Å². The van der Waals surface area contributed by atoms with E-state index in [0.717, 1.165) is 6.42 Å². The topological polar surface area (TPSA) is 0 Å². The van der Waals surface area contributed by atoms with E-state index in [4.69, 9.17) is 0 Å². The number of benzene rings is 2. The molecule has 148 valence electrons. The molecule has 0 saturated carbocycles. The second-order valence-electron chi connectivity index (χ2n) is 6.64. The third-order valence-corrected chi connectivity index (χ3v) is 6.24. The Morgan fingerprint density at radius 2 is 1.57 bits per heavy atom. The van der Waals surface area contributed by atoms with E-state index < -0.39 is 0 Å². The monoisotopic (exact) mass is 488 g/mol. The maximum atomic E-state index is 3.45. The molecule has 0 atom stereocenters. The maximum Gasteiger partial charge on any atom is -0.0253 e. The number of halogens is 2. The standard InChI is InChI=1S/C15H13.C5H5.C5H10.2ClH.Zr/c1-10-3-5-14-12(7-10)9-13-8-11(2)4-6-15(13)14;1-2-4-5-3-1;1-3-5-4-2;;;/h3-7H,9H2,1-2H3;1-5H;3-4H2,1-2H3;2*1H;/q2*-1;;;;+2/p-2. The van der Waals surface area contributed by atoms with Crippen LogP contribution in [0.25, 0.3) is 11.1 Å². The van der Waals surface area contributed by atoms with Crippen LogP contribution in [0, 0.1) is 19.9 Å².